The molecule has 1 N–H and O–H groups in total. The van der Waals surface area contributed by atoms with Crippen LogP contribution in [0.3, 0.4) is 0 Å². The van der Waals surface area contributed by atoms with Crippen LogP contribution in [0.25, 0.3) is 0 Å². The molecule has 0 fully saturated rings. The van der Waals surface area contributed by atoms with Gasteiger partial charge in [0.15, 0.2) is 11.5 Å². The molecule has 1 amide bonds. The van der Waals surface area contributed by atoms with Gasteiger partial charge in [0, 0.05) is 22.7 Å². The highest BCUT2D eigenvalue weighted by Crippen LogP contribution is 2.34. The quantitative estimate of drug-likeness (QED) is 0.556. The van der Waals surface area contributed by atoms with Crippen LogP contribution in [0.15, 0.2) is 30.3 Å². The largest absolute Gasteiger partial charge is 0.493 e. The lowest BCUT2D eigenvalue weighted by Gasteiger charge is -2.12. The average Bonchev–Trinajstić information content (AvgIpc) is 2.60. The van der Waals surface area contributed by atoms with Crippen molar-refractivity contribution in [3.05, 3.63) is 61.6 Å². The first-order chi connectivity index (χ1) is 12.4. The molecule has 0 aromatic heterocycles. The van der Waals surface area contributed by atoms with Crippen molar-refractivity contribution in [3.63, 3.8) is 0 Å². The topological polar surface area (TPSA) is 90.7 Å². The molecule has 138 valence electrons. The van der Waals surface area contributed by atoms with Crippen LogP contribution in [-0.4, -0.2) is 24.5 Å². The maximum Gasteiger partial charge on any atom is 0.286 e. The number of amides is 1. The number of carbonyl (C=O) groups is 1. The van der Waals surface area contributed by atoms with E-state index in [-0.39, 0.29) is 29.3 Å². The van der Waals surface area contributed by atoms with Crippen molar-refractivity contribution < 1.29 is 19.2 Å². The van der Waals surface area contributed by atoms with Gasteiger partial charge in [-0.05, 0) is 24.6 Å². The van der Waals surface area contributed by atoms with E-state index in [0.29, 0.717) is 22.2 Å². The highest BCUT2D eigenvalue weighted by atomic mass is 35.5. The molecule has 2 rings (SSSR count). The van der Waals surface area contributed by atoms with Crippen molar-refractivity contribution >= 4 is 34.8 Å². The van der Waals surface area contributed by atoms with Crippen molar-refractivity contribution in [1.82, 2.24) is 5.32 Å². The second-order valence-corrected chi connectivity index (χ2v) is 5.97. The zero-order chi connectivity index (χ0) is 19.3. The molecule has 0 atom stereocenters. The van der Waals surface area contributed by atoms with Gasteiger partial charge in [-0.25, -0.2) is 0 Å². The van der Waals surface area contributed by atoms with Crippen LogP contribution in [0.4, 0.5) is 5.69 Å². The summed E-state index contributed by atoms with van der Waals surface area (Å²) in [5.41, 5.74) is 0.111. The number of nitro benzene ring substituents is 1. The fraction of sp³-hybridized carbons (Fsp3) is 0.235. The van der Waals surface area contributed by atoms with Gasteiger partial charge in [-0.3, -0.25) is 14.9 Å². The summed E-state index contributed by atoms with van der Waals surface area (Å²) in [7, 11) is 1.36. The van der Waals surface area contributed by atoms with E-state index in [2.05, 4.69) is 5.32 Å². The fourth-order valence-electron chi connectivity index (χ4n) is 2.25. The lowest BCUT2D eigenvalue weighted by atomic mass is 10.1. The molecule has 2 aromatic carbocycles. The molecule has 0 aliphatic heterocycles. The zero-order valence-corrected chi connectivity index (χ0v) is 15.6. The number of methoxy groups -OCH3 is 1. The Balaban J connectivity index is 2.31. The molecule has 0 spiro atoms. The third kappa shape index (κ3) is 4.56. The predicted octanol–water partition coefficient (Wildman–Crippen LogP) is 4.24. The predicted molar refractivity (Wildman–Crippen MR) is 98.4 cm³/mol. The monoisotopic (exact) mass is 398 g/mol. The minimum atomic E-state index is -0.650. The third-order valence-electron chi connectivity index (χ3n) is 3.48. The van der Waals surface area contributed by atoms with Crippen molar-refractivity contribution in [2.75, 3.05) is 13.7 Å². The van der Waals surface area contributed by atoms with E-state index >= 15 is 0 Å². The molecule has 0 bridgehead atoms. The minimum Gasteiger partial charge on any atom is -0.493 e. The summed E-state index contributed by atoms with van der Waals surface area (Å²) in [5, 5.41) is 14.8. The van der Waals surface area contributed by atoms with Crippen LogP contribution >= 0.6 is 23.2 Å². The van der Waals surface area contributed by atoms with Crippen LogP contribution < -0.4 is 14.8 Å². The Morgan fingerprint density at radius 2 is 1.96 bits per heavy atom. The molecule has 0 unspecified atom stereocenters. The van der Waals surface area contributed by atoms with Gasteiger partial charge in [0.1, 0.15) is 5.56 Å². The maximum atomic E-state index is 12.5. The van der Waals surface area contributed by atoms with Crippen LogP contribution in [-0.2, 0) is 6.54 Å². The normalized spacial score (nSPS) is 10.3. The van der Waals surface area contributed by atoms with E-state index in [1.54, 1.807) is 25.1 Å². The summed E-state index contributed by atoms with van der Waals surface area (Å²) in [4.78, 5) is 23.2. The molecule has 0 saturated carbocycles. The van der Waals surface area contributed by atoms with E-state index in [1.165, 1.54) is 13.2 Å². The summed E-state index contributed by atoms with van der Waals surface area (Å²) in [6.07, 6.45) is 0. The standard InChI is InChI=1S/C17H16Cl2N2O5/c1-3-26-16-7-12(14(21(23)24)8-15(16)25-2)17(22)20-9-10-4-5-11(18)6-13(10)19/h4-8H,3,9H2,1-2H3,(H,20,22). The van der Waals surface area contributed by atoms with Crippen molar-refractivity contribution in [3.8, 4) is 11.5 Å². The fourth-order valence-corrected chi connectivity index (χ4v) is 2.72. The Bertz CT molecular complexity index is 842. The van der Waals surface area contributed by atoms with Crippen molar-refractivity contribution in [2.24, 2.45) is 0 Å². The molecule has 9 heteroatoms. The lowest BCUT2D eigenvalue weighted by molar-refractivity contribution is -0.385. The Kier molecular flexibility index (Phi) is 6.65. The maximum absolute atomic E-state index is 12.5. The SMILES string of the molecule is CCOc1cc(C(=O)NCc2ccc(Cl)cc2Cl)c([N+](=O)[O-])cc1OC. The Morgan fingerprint density at radius 1 is 1.23 bits per heavy atom. The zero-order valence-electron chi connectivity index (χ0n) is 14.0. The molecule has 0 heterocycles. The number of carbonyl (C=O) groups excluding carboxylic acids is 1. The number of rotatable bonds is 7. The summed E-state index contributed by atoms with van der Waals surface area (Å²) in [6.45, 7) is 2.15. The molecule has 26 heavy (non-hydrogen) atoms. The number of halogens is 2. The number of hydrogen-bond acceptors (Lipinski definition) is 5. The van der Waals surface area contributed by atoms with Gasteiger partial charge in [-0.1, -0.05) is 29.3 Å². The van der Waals surface area contributed by atoms with E-state index in [9.17, 15) is 14.9 Å². The molecule has 0 saturated heterocycles. The van der Waals surface area contributed by atoms with Gasteiger partial charge < -0.3 is 14.8 Å². The summed E-state index contributed by atoms with van der Waals surface area (Å²) >= 11 is 11.9. The van der Waals surface area contributed by atoms with Crippen molar-refractivity contribution in [2.45, 2.75) is 13.5 Å². The number of benzene rings is 2. The first-order valence-corrected chi connectivity index (χ1v) is 8.34. The number of nitrogens with zero attached hydrogens (tertiary/aromatic N) is 1. The van der Waals surface area contributed by atoms with Crippen molar-refractivity contribution in [1.29, 1.82) is 0 Å². The van der Waals surface area contributed by atoms with E-state index in [1.807, 2.05) is 0 Å². The van der Waals surface area contributed by atoms with Gasteiger partial charge in [0.05, 0.1) is 24.7 Å². The van der Waals surface area contributed by atoms with Gasteiger partial charge in [-0.15, -0.1) is 0 Å². The highest BCUT2D eigenvalue weighted by molar-refractivity contribution is 6.35. The first-order valence-electron chi connectivity index (χ1n) is 7.58. The molecule has 0 aliphatic rings. The molecular weight excluding hydrogens is 383 g/mol. The highest BCUT2D eigenvalue weighted by Gasteiger charge is 2.24. The summed E-state index contributed by atoms with van der Waals surface area (Å²) < 4.78 is 10.5. The van der Waals surface area contributed by atoms with Crippen LogP contribution in [0.2, 0.25) is 10.0 Å². The summed E-state index contributed by atoms with van der Waals surface area (Å²) in [6, 6.07) is 7.30. The first kappa shape index (κ1) is 19.8. The van der Waals surface area contributed by atoms with E-state index in [4.69, 9.17) is 32.7 Å². The second-order valence-electron chi connectivity index (χ2n) is 5.13. The average molecular weight is 399 g/mol. The molecule has 2 aromatic rings. The minimum absolute atomic E-state index is 0.0853. The van der Waals surface area contributed by atoms with Gasteiger partial charge in [-0.2, -0.15) is 0 Å². The Labute approximate surface area is 160 Å². The van der Waals surface area contributed by atoms with Crippen LogP contribution in [0.5, 0.6) is 11.5 Å². The van der Waals surface area contributed by atoms with Crippen LogP contribution in [0.1, 0.15) is 22.8 Å². The second kappa shape index (κ2) is 8.73. The number of ether oxygens (including phenoxy) is 2. The number of hydrogen-bond donors (Lipinski definition) is 1. The Morgan fingerprint density at radius 3 is 2.54 bits per heavy atom. The molecule has 0 aliphatic carbocycles. The number of nitrogens with one attached hydrogen (secondary N) is 1. The van der Waals surface area contributed by atoms with Gasteiger partial charge >= 0.3 is 0 Å². The van der Waals surface area contributed by atoms with Gasteiger partial charge in [0.25, 0.3) is 11.6 Å². The van der Waals surface area contributed by atoms with E-state index in [0.717, 1.165) is 6.07 Å². The third-order valence-corrected chi connectivity index (χ3v) is 4.06. The van der Waals surface area contributed by atoms with Gasteiger partial charge in [0.2, 0.25) is 0 Å². The summed E-state index contributed by atoms with van der Waals surface area (Å²) in [5.74, 6) is -0.211. The molecule has 7 nitrogen and oxygen atoms in total. The van der Waals surface area contributed by atoms with E-state index < -0.39 is 10.8 Å². The Hall–Kier alpha value is -2.51. The lowest BCUT2D eigenvalue weighted by Crippen LogP contribution is -2.24. The van der Waals surface area contributed by atoms with Crippen LogP contribution in [0, 0.1) is 10.1 Å². The number of nitro groups is 1. The molecule has 0 radical (unpaired) electrons. The smallest absolute Gasteiger partial charge is 0.286 e. The molecular formula is C17H16Cl2N2O5.